The fraction of sp³-hybridized carbons (Fsp3) is 0.550. The summed E-state index contributed by atoms with van der Waals surface area (Å²) in [5.74, 6) is 2.44. The Labute approximate surface area is 143 Å². The lowest BCUT2D eigenvalue weighted by Crippen LogP contribution is -3.20. The van der Waals surface area contributed by atoms with Crippen LogP contribution in [-0.2, 0) is 0 Å². The van der Waals surface area contributed by atoms with Crippen LogP contribution in [0.2, 0.25) is 0 Å². The first-order valence-electron chi connectivity index (χ1n) is 9.16. The molecule has 4 nitrogen and oxygen atoms in total. The third kappa shape index (κ3) is 2.58. The number of aromatic nitrogens is 1. The molecular weight excluding hydrogens is 300 g/mol. The number of ether oxygens (including phenoxy) is 1. The van der Waals surface area contributed by atoms with E-state index in [0.717, 1.165) is 40.5 Å². The van der Waals surface area contributed by atoms with E-state index in [9.17, 15) is 5.11 Å². The van der Waals surface area contributed by atoms with Gasteiger partial charge in [0.2, 0.25) is 0 Å². The van der Waals surface area contributed by atoms with Crippen molar-refractivity contribution in [2.24, 2.45) is 11.8 Å². The summed E-state index contributed by atoms with van der Waals surface area (Å²) in [7, 11) is 1.68. The van der Waals surface area contributed by atoms with Crippen LogP contribution in [-0.4, -0.2) is 36.3 Å². The predicted molar refractivity (Wildman–Crippen MR) is 94.2 cm³/mol. The van der Waals surface area contributed by atoms with Gasteiger partial charge in [0, 0.05) is 30.3 Å². The maximum absolute atomic E-state index is 11.2. The van der Waals surface area contributed by atoms with Crippen LogP contribution >= 0.6 is 0 Å². The number of benzene rings is 1. The summed E-state index contributed by atoms with van der Waals surface area (Å²) in [6.07, 6.45) is 5.11. The van der Waals surface area contributed by atoms with Gasteiger partial charge in [-0.3, -0.25) is 4.98 Å². The van der Waals surface area contributed by atoms with Gasteiger partial charge in [0.25, 0.3) is 0 Å². The van der Waals surface area contributed by atoms with E-state index in [1.54, 1.807) is 12.0 Å². The third-order valence-corrected chi connectivity index (χ3v) is 6.31. The molecule has 3 aliphatic heterocycles. The zero-order valence-corrected chi connectivity index (χ0v) is 14.5. The van der Waals surface area contributed by atoms with E-state index in [1.165, 1.54) is 25.9 Å². The summed E-state index contributed by atoms with van der Waals surface area (Å²) >= 11 is 0. The number of quaternary nitrogens is 1. The highest BCUT2D eigenvalue weighted by molar-refractivity contribution is 5.83. The lowest BCUT2D eigenvalue weighted by molar-refractivity contribution is -0.950. The summed E-state index contributed by atoms with van der Waals surface area (Å²) < 4.78 is 5.37. The quantitative estimate of drug-likeness (QED) is 0.903. The maximum Gasteiger partial charge on any atom is 0.131 e. The minimum atomic E-state index is -0.432. The van der Waals surface area contributed by atoms with E-state index in [-0.39, 0.29) is 0 Å². The monoisotopic (exact) mass is 327 g/mol. The van der Waals surface area contributed by atoms with Crippen LogP contribution in [0, 0.1) is 11.8 Å². The smallest absolute Gasteiger partial charge is 0.131 e. The molecule has 5 atom stereocenters. The molecule has 0 aliphatic carbocycles. The van der Waals surface area contributed by atoms with Crippen molar-refractivity contribution in [3.05, 3.63) is 36.0 Å². The maximum atomic E-state index is 11.2. The Kier molecular flexibility index (Phi) is 4.19. The fourth-order valence-electron chi connectivity index (χ4n) is 4.93. The van der Waals surface area contributed by atoms with Gasteiger partial charge in [-0.25, -0.2) is 0 Å². The standard InChI is InChI=1S/C20H26N2O2/c1-3-13-12-22-9-7-14(13)10-19(22)20(23)16-6-8-21-18-5-4-15(24-2)11-17(16)18/h4-6,8,11,13-14,19-20,23H,3,7,9-10,12H2,1-2H3/p+1/t13-,14-,19+,20-/m1/s1. The highest BCUT2D eigenvalue weighted by Gasteiger charge is 2.46. The van der Waals surface area contributed by atoms with Crippen molar-refractivity contribution in [3.8, 4) is 5.75 Å². The topological polar surface area (TPSA) is 46.8 Å². The number of nitrogens with one attached hydrogen (secondary N) is 1. The van der Waals surface area contributed by atoms with Crippen LogP contribution in [0.4, 0.5) is 0 Å². The number of hydrogen-bond donors (Lipinski definition) is 2. The Morgan fingerprint density at radius 1 is 1.38 bits per heavy atom. The van der Waals surface area contributed by atoms with Crippen LogP contribution < -0.4 is 9.64 Å². The minimum absolute atomic E-state index is 0.309. The average molecular weight is 327 g/mol. The van der Waals surface area contributed by atoms with Crippen LogP contribution in [0.1, 0.15) is 37.9 Å². The number of rotatable bonds is 4. The Hall–Kier alpha value is -1.65. The lowest BCUT2D eigenvalue weighted by Gasteiger charge is -2.48. The highest BCUT2D eigenvalue weighted by atomic mass is 16.5. The second-order valence-corrected chi connectivity index (χ2v) is 7.40. The number of methoxy groups -OCH3 is 1. The first-order chi connectivity index (χ1) is 11.7. The molecule has 0 spiro atoms. The van der Waals surface area contributed by atoms with Gasteiger partial charge in [-0.2, -0.15) is 0 Å². The number of pyridine rings is 1. The number of aliphatic hydroxyl groups excluding tert-OH is 1. The largest absolute Gasteiger partial charge is 0.497 e. The van der Waals surface area contributed by atoms with Crippen LogP contribution in [0.25, 0.3) is 10.9 Å². The molecule has 0 radical (unpaired) electrons. The van der Waals surface area contributed by atoms with E-state index in [0.29, 0.717) is 6.04 Å². The van der Waals surface area contributed by atoms with Gasteiger partial charge < -0.3 is 14.7 Å². The Balaban J connectivity index is 1.68. The van der Waals surface area contributed by atoms with Crippen LogP contribution in [0.3, 0.4) is 0 Å². The predicted octanol–water partition coefficient (Wildman–Crippen LogP) is 1.98. The summed E-state index contributed by atoms with van der Waals surface area (Å²) in [6, 6.07) is 8.18. The number of hydrogen-bond acceptors (Lipinski definition) is 3. The first-order valence-corrected chi connectivity index (χ1v) is 9.16. The summed E-state index contributed by atoms with van der Waals surface area (Å²) in [6.45, 7) is 4.73. The van der Waals surface area contributed by atoms with Crippen molar-refractivity contribution in [1.29, 1.82) is 0 Å². The number of nitrogens with zero attached hydrogens (tertiary/aromatic N) is 1. The van der Waals surface area contributed by atoms with Crippen molar-refractivity contribution < 1.29 is 14.7 Å². The zero-order valence-electron chi connectivity index (χ0n) is 14.5. The van der Waals surface area contributed by atoms with Crippen molar-refractivity contribution in [2.45, 2.75) is 38.3 Å². The molecule has 1 aromatic heterocycles. The van der Waals surface area contributed by atoms with Gasteiger partial charge in [-0.05, 0) is 42.2 Å². The Morgan fingerprint density at radius 2 is 2.25 bits per heavy atom. The summed E-state index contributed by atoms with van der Waals surface area (Å²) in [5.41, 5.74) is 1.92. The van der Waals surface area contributed by atoms with E-state index >= 15 is 0 Å². The molecule has 3 fully saturated rings. The second-order valence-electron chi connectivity index (χ2n) is 7.40. The molecule has 0 amide bonds. The van der Waals surface area contributed by atoms with E-state index in [2.05, 4.69) is 11.9 Å². The molecule has 128 valence electrons. The van der Waals surface area contributed by atoms with Crippen molar-refractivity contribution in [2.75, 3.05) is 20.2 Å². The normalized spacial score (nSPS) is 30.5. The van der Waals surface area contributed by atoms with Gasteiger partial charge in [0.15, 0.2) is 0 Å². The molecule has 1 aromatic carbocycles. The molecule has 3 saturated heterocycles. The third-order valence-electron chi connectivity index (χ3n) is 6.31. The molecule has 5 rings (SSSR count). The van der Waals surface area contributed by atoms with Gasteiger partial charge in [0.1, 0.15) is 17.9 Å². The van der Waals surface area contributed by atoms with Crippen molar-refractivity contribution >= 4 is 10.9 Å². The Morgan fingerprint density at radius 3 is 2.96 bits per heavy atom. The molecule has 2 aromatic rings. The summed E-state index contributed by atoms with van der Waals surface area (Å²) in [5, 5.41) is 12.2. The molecule has 2 bridgehead atoms. The van der Waals surface area contributed by atoms with E-state index < -0.39 is 6.10 Å². The summed E-state index contributed by atoms with van der Waals surface area (Å²) in [4.78, 5) is 6.03. The van der Waals surface area contributed by atoms with E-state index in [1.807, 2.05) is 30.5 Å². The molecule has 3 aliphatic rings. The number of fused-ring (bicyclic) bond motifs is 4. The van der Waals surface area contributed by atoms with Crippen LogP contribution in [0.5, 0.6) is 5.75 Å². The molecular formula is C20H27N2O2+. The number of piperidine rings is 3. The van der Waals surface area contributed by atoms with Gasteiger partial charge in [0.05, 0.1) is 25.7 Å². The van der Waals surface area contributed by atoms with Gasteiger partial charge >= 0.3 is 0 Å². The van der Waals surface area contributed by atoms with Crippen molar-refractivity contribution in [3.63, 3.8) is 0 Å². The number of aliphatic hydroxyl groups is 1. The molecule has 1 unspecified atom stereocenters. The molecule has 4 heteroatoms. The second kappa shape index (κ2) is 6.34. The average Bonchev–Trinajstić information content (AvgIpc) is 2.66. The molecule has 24 heavy (non-hydrogen) atoms. The van der Waals surface area contributed by atoms with Gasteiger partial charge in [-0.15, -0.1) is 0 Å². The molecule has 4 heterocycles. The Bertz CT molecular complexity index is 733. The lowest BCUT2D eigenvalue weighted by atomic mass is 9.72. The van der Waals surface area contributed by atoms with Crippen LogP contribution in [0.15, 0.2) is 30.5 Å². The molecule has 0 saturated carbocycles. The first kappa shape index (κ1) is 15.9. The van der Waals surface area contributed by atoms with E-state index in [4.69, 9.17) is 4.74 Å². The zero-order chi connectivity index (χ0) is 16.7. The van der Waals surface area contributed by atoms with Crippen molar-refractivity contribution in [1.82, 2.24) is 4.98 Å². The SMILES string of the molecule is CC[C@@H]1C[NH+]2CC[C@@H]1C[C@H]2[C@H](O)c1ccnc2ccc(OC)cc12. The van der Waals surface area contributed by atoms with Gasteiger partial charge in [-0.1, -0.05) is 6.92 Å². The fourth-order valence-corrected chi connectivity index (χ4v) is 4.93. The highest BCUT2D eigenvalue weighted by Crippen LogP contribution is 2.35. The minimum Gasteiger partial charge on any atom is -0.497 e. The molecule has 2 N–H and O–H groups in total.